The number of hydrogen-bond donors (Lipinski definition) is 1. The van der Waals surface area contributed by atoms with Crippen LogP contribution in [0, 0.1) is 5.92 Å². The fourth-order valence-corrected chi connectivity index (χ4v) is 1.08. The predicted molar refractivity (Wildman–Crippen MR) is 52.2 cm³/mol. The number of carboxylic acid groups (broad SMARTS) is 1. The molecule has 0 aliphatic carbocycles. The first-order valence-corrected chi connectivity index (χ1v) is 4.41. The summed E-state index contributed by atoms with van der Waals surface area (Å²) in [5.74, 6) is -3.39. The van der Waals surface area contributed by atoms with Crippen LogP contribution in [0.5, 0.6) is 0 Å². The summed E-state index contributed by atoms with van der Waals surface area (Å²) in [5, 5.41) is 8.73. The second-order valence-corrected chi connectivity index (χ2v) is 3.12. The number of esters is 1. The van der Waals surface area contributed by atoms with Crippen LogP contribution >= 0.6 is 0 Å². The van der Waals surface area contributed by atoms with E-state index >= 15 is 0 Å². The summed E-state index contributed by atoms with van der Waals surface area (Å²) in [6.45, 7) is 5.80. The lowest BCUT2D eigenvalue weighted by molar-refractivity contribution is -0.152. The molecule has 84 valence electrons. The van der Waals surface area contributed by atoms with Crippen molar-refractivity contribution < 1.29 is 24.2 Å². The minimum Gasteiger partial charge on any atom is -0.481 e. The third-order valence-electron chi connectivity index (χ3n) is 1.84. The van der Waals surface area contributed by atoms with Gasteiger partial charge < -0.3 is 9.84 Å². The highest BCUT2D eigenvalue weighted by Crippen LogP contribution is 2.12. The summed E-state index contributed by atoms with van der Waals surface area (Å²) in [6, 6.07) is 0. The number of carboxylic acids is 1. The van der Waals surface area contributed by atoms with Gasteiger partial charge in [0.2, 0.25) is 0 Å². The molecule has 2 atom stereocenters. The first-order valence-electron chi connectivity index (χ1n) is 4.41. The molecule has 0 rings (SSSR count). The molecule has 0 aromatic rings. The zero-order chi connectivity index (χ0) is 12.0. The van der Waals surface area contributed by atoms with E-state index in [4.69, 9.17) is 9.84 Å². The van der Waals surface area contributed by atoms with Crippen molar-refractivity contribution in [2.75, 3.05) is 0 Å². The molecule has 0 saturated heterocycles. The van der Waals surface area contributed by atoms with E-state index in [0.717, 1.165) is 0 Å². The summed E-state index contributed by atoms with van der Waals surface area (Å²) in [5.41, 5.74) is 0. The summed E-state index contributed by atoms with van der Waals surface area (Å²) in [7, 11) is 0. The van der Waals surface area contributed by atoms with E-state index < -0.39 is 29.7 Å². The van der Waals surface area contributed by atoms with Crippen LogP contribution in [0.1, 0.15) is 20.3 Å². The van der Waals surface area contributed by atoms with Crippen LogP contribution in [0.4, 0.5) is 0 Å². The van der Waals surface area contributed by atoms with Gasteiger partial charge in [-0.15, -0.1) is 0 Å². The standard InChI is InChI=1S/C10H14O5/c1-4-8(15-7(3)12)5-9(6(2)11)10(13)14/h4,8-9H,1,5H2,2-3H3,(H,13,14). The molecule has 2 unspecified atom stereocenters. The van der Waals surface area contributed by atoms with Crippen LogP contribution in [-0.4, -0.2) is 28.9 Å². The molecule has 0 fully saturated rings. The van der Waals surface area contributed by atoms with Crippen molar-refractivity contribution in [3.8, 4) is 0 Å². The quantitative estimate of drug-likeness (QED) is 0.401. The van der Waals surface area contributed by atoms with Gasteiger partial charge in [-0.25, -0.2) is 0 Å². The number of aliphatic carboxylic acids is 1. The SMILES string of the molecule is C=CC(CC(C(C)=O)C(=O)O)OC(C)=O. The number of hydrogen-bond acceptors (Lipinski definition) is 4. The Labute approximate surface area is 87.7 Å². The Morgan fingerprint density at radius 3 is 2.20 bits per heavy atom. The Kier molecular flexibility index (Phi) is 5.30. The third-order valence-corrected chi connectivity index (χ3v) is 1.84. The van der Waals surface area contributed by atoms with Gasteiger partial charge in [0.25, 0.3) is 0 Å². The fraction of sp³-hybridized carbons (Fsp3) is 0.500. The molecule has 0 heterocycles. The molecule has 15 heavy (non-hydrogen) atoms. The van der Waals surface area contributed by atoms with E-state index in [9.17, 15) is 14.4 Å². The molecule has 0 aliphatic rings. The van der Waals surface area contributed by atoms with Gasteiger partial charge in [-0.1, -0.05) is 12.7 Å². The highest BCUT2D eigenvalue weighted by molar-refractivity contribution is 5.96. The summed E-state index contributed by atoms with van der Waals surface area (Å²) >= 11 is 0. The van der Waals surface area contributed by atoms with Crippen molar-refractivity contribution in [3.63, 3.8) is 0 Å². The minimum atomic E-state index is -1.22. The molecule has 1 N–H and O–H groups in total. The van der Waals surface area contributed by atoms with Crippen LogP contribution in [-0.2, 0) is 19.1 Å². The largest absolute Gasteiger partial charge is 0.481 e. The summed E-state index contributed by atoms with van der Waals surface area (Å²) < 4.78 is 4.76. The summed E-state index contributed by atoms with van der Waals surface area (Å²) in [6.07, 6.45) is 0.487. The molecule has 0 spiro atoms. The molecule has 0 bridgehead atoms. The molecule has 5 heteroatoms. The second kappa shape index (κ2) is 5.95. The second-order valence-electron chi connectivity index (χ2n) is 3.12. The Balaban J connectivity index is 4.48. The lowest BCUT2D eigenvalue weighted by Crippen LogP contribution is -2.27. The molecule has 0 radical (unpaired) electrons. The molecular formula is C10H14O5. The van der Waals surface area contributed by atoms with E-state index in [0.29, 0.717) is 0 Å². The van der Waals surface area contributed by atoms with E-state index in [-0.39, 0.29) is 6.42 Å². The Morgan fingerprint density at radius 1 is 1.40 bits per heavy atom. The average molecular weight is 214 g/mol. The number of rotatable bonds is 6. The number of ether oxygens (including phenoxy) is 1. The number of carbonyl (C=O) groups is 3. The zero-order valence-corrected chi connectivity index (χ0v) is 8.73. The molecule has 0 aromatic heterocycles. The highest BCUT2D eigenvalue weighted by Gasteiger charge is 2.26. The fourth-order valence-electron chi connectivity index (χ4n) is 1.08. The van der Waals surface area contributed by atoms with Crippen LogP contribution in [0.25, 0.3) is 0 Å². The minimum absolute atomic E-state index is 0.0756. The Hall–Kier alpha value is -1.65. The maximum atomic E-state index is 11.0. The van der Waals surface area contributed by atoms with Crippen LogP contribution in [0.15, 0.2) is 12.7 Å². The maximum absolute atomic E-state index is 11.0. The monoisotopic (exact) mass is 214 g/mol. The highest BCUT2D eigenvalue weighted by atomic mass is 16.5. The maximum Gasteiger partial charge on any atom is 0.314 e. The van der Waals surface area contributed by atoms with E-state index in [2.05, 4.69) is 6.58 Å². The number of carbonyl (C=O) groups excluding carboxylic acids is 2. The molecule has 0 aromatic carbocycles. The van der Waals surface area contributed by atoms with Crippen molar-refractivity contribution in [2.45, 2.75) is 26.4 Å². The zero-order valence-electron chi connectivity index (χ0n) is 8.73. The van der Waals surface area contributed by atoms with E-state index in [1.54, 1.807) is 0 Å². The summed E-state index contributed by atoms with van der Waals surface area (Å²) in [4.78, 5) is 32.3. The van der Waals surface area contributed by atoms with Gasteiger partial charge >= 0.3 is 11.9 Å². The van der Waals surface area contributed by atoms with Crippen LogP contribution < -0.4 is 0 Å². The number of Topliss-reactive ketones (excluding diaryl/α,β-unsaturated/α-hetero) is 1. The first kappa shape index (κ1) is 13.4. The Morgan fingerprint density at radius 2 is 1.93 bits per heavy atom. The van der Waals surface area contributed by atoms with Crippen molar-refractivity contribution in [1.29, 1.82) is 0 Å². The van der Waals surface area contributed by atoms with Crippen molar-refractivity contribution in [2.24, 2.45) is 5.92 Å². The Bertz CT molecular complexity index is 268. The van der Waals surface area contributed by atoms with Gasteiger partial charge in [0.05, 0.1) is 0 Å². The lowest BCUT2D eigenvalue weighted by atomic mass is 9.98. The van der Waals surface area contributed by atoms with E-state index in [1.165, 1.54) is 19.9 Å². The lowest BCUT2D eigenvalue weighted by Gasteiger charge is -2.15. The first-order chi connectivity index (χ1) is 6.88. The molecule has 0 aliphatic heterocycles. The topological polar surface area (TPSA) is 80.7 Å². The molecular weight excluding hydrogens is 200 g/mol. The predicted octanol–water partition coefficient (Wildman–Crippen LogP) is 0.784. The number of ketones is 1. The van der Waals surface area contributed by atoms with Crippen molar-refractivity contribution in [1.82, 2.24) is 0 Å². The molecule has 0 amide bonds. The van der Waals surface area contributed by atoms with Gasteiger partial charge in [-0.05, 0) is 6.92 Å². The third kappa shape index (κ3) is 4.95. The van der Waals surface area contributed by atoms with Crippen LogP contribution in [0.2, 0.25) is 0 Å². The van der Waals surface area contributed by atoms with Crippen molar-refractivity contribution in [3.05, 3.63) is 12.7 Å². The average Bonchev–Trinajstić information content (AvgIpc) is 2.10. The van der Waals surface area contributed by atoms with Gasteiger partial charge in [0, 0.05) is 13.3 Å². The van der Waals surface area contributed by atoms with Gasteiger partial charge in [-0.2, -0.15) is 0 Å². The van der Waals surface area contributed by atoms with Gasteiger partial charge in [0.1, 0.15) is 17.8 Å². The normalized spacial score (nSPS) is 13.7. The van der Waals surface area contributed by atoms with Crippen LogP contribution in [0.3, 0.4) is 0 Å². The van der Waals surface area contributed by atoms with E-state index in [1.807, 2.05) is 0 Å². The smallest absolute Gasteiger partial charge is 0.314 e. The van der Waals surface area contributed by atoms with Gasteiger partial charge in [0.15, 0.2) is 0 Å². The molecule has 5 nitrogen and oxygen atoms in total. The molecule has 0 saturated carbocycles. The van der Waals surface area contributed by atoms with Crippen molar-refractivity contribution >= 4 is 17.7 Å². The van der Waals surface area contributed by atoms with Gasteiger partial charge in [-0.3, -0.25) is 14.4 Å².